The number of halogens is 2. The maximum absolute atomic E-state index is 13.6. The molecule has 0 saturated carbocycles. The van der Waals surface area contributed by atoms with E-state index in [2.05, 4.69) is 5.32 Å². The third kappa shape index (κ3) is 6.13. The Morgan fingerprint density at radius 3 is 2.77 bits per heavy atom. The number of rotatable bonds is 7. The van der Waals surface area contributed by atoms with Crippen molar-refractivity contribution in [2.45, 2.75) is 32.4 Å². The van der Waals surface area contributed by atoms with Gasteiger partial charge in [-0.15, -0.1) is 11.3 Å². The van der Waals surface area contributed by atoms with E-state index in [0.29, 0.717) is 23.0 Å². The van der Waals surface area contributed by atoms with E-state index in [1.807, 2.05) is 25.3 Å². The second-order valence-electron chi connectivity index (χ2n) is 8.58. The highest BCUT2D eigenvalue weighted by molar-refractivity contribution is 7.10. The van der Waals surface area contributed by atoms with Crippen molar-refractivity contribution in [3.05, 3.63) is 81.3 Å². The number of anilines is 1. The molecule has 3 amide bonds. The molecular formula is C26H27ClFN3O3S. The average Bonchev–Trinajstić information content (AvgIpc) is 3.30. The Balaban J connectivity index is 1.49. The first-order chi connectivity index (χ1) is 16.8. The fraction of sp³-hybridized carbons (Fsp3) is 0.308. The standard InChI is InChI=1S/C26H27ClFN3O3S/c1-17(2)31(26(33)29-20-7-3-5-18(27)13-20)15-25(32)30-11-9-24-22(10-12-35-24)23(30)16-34-21-8-4-6-19(28)14-21/h3-8,10,12-14,17,23H,9,11,15-16H2,1-2H3,(H,29,33)/t23-/m1/s1. The SMILES string of the molecule is CC(C)N(CC(=O)N1CCc2sccc2[C@H]1COc1cccc(F)c1)C(=O)Nc1cccc(Cl)c1. The molecule has 1 aromatic heterocycles. The number of carbonyl (C=O) groups is 2. The largest absolute Gasteiger partial charge is 0.491 e. The topological polar surface area (TPSA) is 61.9 Å². The predicted octanol–water partition coefficient (Wildman–Crippen LogP) is 5.99. The zero-order valence-electron chi connectivity index (χ0n) is 19.5. The zero-order chi connectivity index (χ0) is 24.9. The summed E-state index contributed by atoms with van der Waals surface area (Å²) < 4.78 is 19.5. The van der Waals surface area contributed by atoms with Crippen LogP contribution >= 0.6 is 22.9 Å². The van der Waals surface area contributed by atoms with E-state index in [1.165, 1.54) is 21.9 Å². The van der Waals surface area contributed by atoms with Crippen LogP contribution in [-0.4, -0.2) is 47.5 Å². The molecule has 1 N–H and O–H groups in total. The van der Waals surface area contributed by atoms with Crippen molar-refractivity contribution in [2.75, 3.05) is 25.0 Å². The number of ether oxygens (including phenoxy) is 1. The zero-order valence-corrected chi connectivity index (χ0v) is 21.1. The van der Waals surface area contributed by atoms with Gasteiger partial charge in [-0.2, -0.15) is 0 Å². The summed E-state index contributed by atoms with van der Waals surface area (Å²) in [6.07, 6.45) is 0.742. The van der Waals surface area contributed by atoms with Crippen molar-refractivity contribution in [1.29, 1.82) is 0 Å². The van der Waals surface area contributed by atoms with E-state index in [1.54, 1.807) is 52.6 Å². The van der Waals surface area contributed by atoms with Gasteiger partial charge in [0.05, 0.1) is 6.04 Å². The van der Waals surface area contributed by atoms with E-state index in [4.69, 9.17) is 16.3 Å². The molecule has 2 heterocycles. The molecule has 1 aliphatic rings. The minimum Gasteiger partial charge on any atom is -0.491 e. The molecule has 1 atom stereocenters. The highest BCUT2D eigenvalue weighted by Crippen LogP contribution is 2.34. The fourth-order valence-electron chi connectivity index (χ4n) is 4.09. The van der Waals surface area contributed by atoms with Gasteiger partial charge in [0.2, 0.25) is 5.91 Å². The highest BCUT2D eigenvalue weighted by atomic mass is 35.5. The minimum atomic E-state index is -0.381. The summed E-state index contributed by atoms with van der Waals surface area (Å²) in [6.45, 7) is 4.35. The van der Waals surface area contributed by atoms with Crippen LogP contribution < -0.4 is 10.1 Å². The predicted molar refractivity (Wildman–Crippen MR) is 137 cm³/mol. The number of nitrogens with zero attached hydrogens (tertiary/aromatic N) is 2. The lowest BCUT2D eigenvalue weighted by atomic mass is 10.0. The van der Waals surface area contributed by atoms with Crippen molar-refractivity contribution in [2.24, 2.45) is 0 Å². The summed E-state index contributed by atoms with van der Waals surface area (Å²) in [5.74, 6) is -0.150. The second kappa shape index (κ2) is 11.1. The van der Waals surface area contributed by atoms with Crippen LogP contribution in [-0.2, 0) is 11.2 Å². The van der Waals surface area contributed by atoms with E-state index in [9.17, 15) is 14.0 Å². The normalized spacial score (nSPS) is 15.0. The molecule has 0 unspecified atom stereocenters. The monoisotopic (exact) mass is 515 g/mol. The smallest absolute Gasteiger partial charge is 0.322 e. The first-order valence-corrected chi connectivity index (χ1v) is 12.6. The third-order valence-electron chi connectivity index (χ3n) is 5.88. The average molecular weight is 516 g/mol. The number of benzene rings is 2. The minimum absolute atomic E-state index is 0.0833. The van der Waals surface area contributed by atoms with E-state index in [0.717, 1.165) is 12.0 Å². The summed E-state index contributed by atoms with van der Waals surface area (Å²) in [5, 5.41) is 5.34. The number of fused-ring (bicyclic) bond motifs is 1. The summed E-state index contributed by atoms with van der Waals surface area (Å²) >= 11 is 7.68. The Morgan fingerprint density at radius 1 is 1.23 bits per heavy atom. The Bertz CT molecular complexity index is 1200. The van der Waals surface area contributed by atoms with Gasteiger partial charge in [-0.05, 0) is 67.6 Å². The van der Waals surface area contributed by atoms with Gasteiger partial charge in [0.25, 0.3) is 0 Å². The molecule has 2 aromatic carbocycles. The molecular weight excluding hydrogens is 489 g/mol. The van der Waals surface area contributed by atoms with Crippen LogP contribution in [0.25, 0.3) is 0 Å². The lowest BCUT2D eigenvalue weighted by Gasteiger charge is -2.37. The molecule has 1 aliphatic heterocycles. The molecule has 3 aromatic rings. The maximum atomic E-state index is 13.6. The van der Waals surface area contributed by atoms with Crippen molar-refractivity contribution in [3.8, 4) is 5.75 Å². The molecule has 6 nitrogen and oxygen atoms in total. The number of urea groups is 1. The third-order valence-corrected chi connectivity index (χ3v) is 7.12. The van der Waals surface area contributed by atoms with Crippen molar-refractivity contribution >= 4 is 40.6 Å². The lowest BCUT2D eigenvalue weighted by molar-refractivity contribution is -0.135. The van der Waals surface area contributed by atoms with Gasteiger partial charge in [-0.25, -0.2) is 9.18 Å². The van der Waals surface area contributed by atoms with Crippen molar-refractivity contribution in [1.82, 2.24) is 9.80 Å². The molecule has 0 bridgehead atoms. The van der Waals surface area contributed by atoms with Crippen LogP contribution in [0, 0.1) is 5.82 Å². The molecule has 0 saturated heterocycles. The Kier molecular flexibility index (Phi) is 7.93. The number of amides is 3. The fourth-order valence-corrected chi connectivity index (χ4v) is 5.21. The first-order valence-electron chi connectivity index (χ1n) is 11.4. The van der Waals surface area contributed by atoms with Crippen LogP contribution in [0.5, 0.6) is 5.75 Å². The van der Waals surface area contributed by atoms with Gasteiger partial charge in [-0.1, -0.05) is 23.7 Å². The van der Waals surface area contributed by atoms with Crippen LogP contribution in [0.15, 0.2) is 60.0 Å². The van der Waals surface area contributed by atoms with Crippen molar-refractivity contribution in [3.63, 3.8) is 0 Å². The molecule has 0 fully saturated rings. The van der Waals surface area contributed by atoms with Gasteiger partial charge in [0, 0.05) is 34.2 Å². The molecule has 184 valence electrons. The lowest BCUT2D eigenvalue weighted by Crippen LogP contribution is -2.50. The Labute approximate surface area is 213 Å². The summed E-state index contributed by atoms with van der Waals surface area (Å²) in [6, 6.07) is 13.9. The summed E-state index contributed by atoms with van der Waals surface area (Å²) in [5.41, 5.74) is 1.59. The van der Waals surface area contributed by atoms with E-state index < -0.39 is 0 Å². The Hall–Kier alpha value is -3.10. The van der Waals surface area contributed by atoms with Crippen LogP contribution in [0.4, 0.5) is 14.9 Å². The summed E-state index contributed by atoms with van der Waals surface area (Å²) in [7, 11) is 0. The Morgan fingerprint density at radius 2 is 2.03 bits per heavy atom. The highest BCUT2D eigenvalue weighted by Gasteiger charge is 2.34. The van der Waals surface area contributed by atoms with E-state index in [-0.39, 0.29) is 43.0 Å². The molecule has 0 spiro atoms. The van der Waals surface area contributed by atoms with Gasteiger partial charge in [0.1, 0.15) is 24.7 Å². The molecule has 35 heavy (non-hydrogen) atoms. The maximum Gasteiger partial charge on any atom is 0.322 e. The number of carbonyl (C=O) groups excluding carboxylic acids is 2. The van der Waals surface area contributed by atoms with E-state index >= 15 is 0 Å². The molecule has 0 aliphatic carbocycles. The molecule has 9 heteroatoms. The van der Waals surface area contributed by atoms with Crippen LogP contribution in [0.3, 0.4) is 0 Å². The van der Waals surface area contributed by atoms with Crippen molar-refractivity contribution < 1.29 is 18.7 Å². The number of nitrogens with one attached hydrogen (secondary N) is 1. The quantitative estimate of drug-likeness (QED) is 0.420. The van der Waals surface area contributed by atoms with Gasteiger partial charge in [0.15, 0.2) is 0 Å². The number of hydrogen-bond donors (Lipinski definition) is 1. The number of hydrogen-bond acceptors (Lipinski definition) is 4. The van der Waals surface area contributed by atoms with Gasteiger partial charge >= 0.3 is 6.03 Å². The number of thiophene rings is 1. The molecule has 0 radical (unpaired) electrons. The van der Waals surface area contributed by atoms with Crippen LogP contribution in [0.2, 0.25) is 5.02 Å². The van der Waals surface area contributed by atoms with Gasteiger partial charge < -0.3 is 19.9 Å². The van der Waals surface area contributed by atoms with Crippen LogP contribution in [0.1, 0.15) is 30.3 Å². The summed E-state index contributed by atoms with van der Waals surface area (Å²) in [4.78, 5) is 31.0. The molecule has 4 rings (SSSR count). The van der Waals surface area contributed by atoms with Gasteiger partial charge in [-0.3, -0.25) is 4.79 Å². The first kappa shape index (κ1) is 25.0. The second-order valence-corrected chi connectivity index (χ2v) is 10.0.